The van der Waals surface area contributed by atoms with Gasteiger partial charge in [-0.25, -0.2) is 8.78 Å². The molecule has 0 bridgehead atoms. The van der Waals surface area contributed by atoms with E-state index in [0.29, 0.717) is 18.3 Å². The van der Waals surface area contributed by atoms with E-state index in [1.54, 1.807) is 6.07 Å². The molecule has 0 saturated heterocycles. The van der Waals surface area contributed by atoms with Crippen molar-refractivity contribution in [2.75, 3.05) is 6.67 Å². The fourth-order valence-corrected chi connectivity index (χ4v) is 5.04. The molecule has 2 aliphatic carbocycles. The molecule has 3 heteroatoms. The van der Waals surface area contributed by atoms with Gasteiger partial charge in [-0.1, -0.05) is 31.1 Å². The Labute approximate surface area is 162 Å². The maximum atomic E-state index is 13.5. The van der Waals surface area contributed by atoms with E-state index < -0.39 is 11.6 Å². The molecule has 0 aromatic heterocycles. The van der Waals surface area contributed by atoms with Gasteiger partial charge in [0.15, 0.2) is 11.6 Å². The van der Waals surface area contributed by atoms with Crippen LogP contribution < -0.4 is 0 Å². The topological polar surface area (TPSA) is 0 Å². The average Bonchev–Trinajstić information content (AvgIpc) is 2.70. The highest BCUT2D eigenvalue weighted by atomic mass is 19.2. The predicted molar refractivity (Wildman–Crippen MR) is 105 cm³/mol. The zero-order chi connectivity index (χ0) is 19.1. The number of allylic oxidation sites excluding steroid dienone is 2. The highest BCUT2D eigenvalue weighted by Crippen LogP contribution is 2.40. The smallest absolute Gasteiger partial charge is 0.159 e. The van der Waals surface area contributed by atoms with Gasteiger partial charge in [0, 0.05) is 0 Å². The van der Waals surface area contributed by atoms with Crippen LogP contribution in [0.2, 0.25) is 0 Å². The number of rotatable bonds is 7. The predicted octanol–water partition coefficient (Wildman–Crippen LogP) is 7.74. The molecule has 0 unspecified atom stereocenters. The molecule has 2 saturated carbocycles. The molecule has 0 radical (unpaired) electrons. The second-order valence-electron chi connectivity index (χ2n) is 8.66. The van der Waals surface area contributed by atoms with Crippen molar-refractivity contribution in [2.45, 2.75) is 76.5 Å². The van der Waals surface area contributed by atoms with Gasteiger partial charge in [0.05, 0.1) is 6.67 Å². The minimum absolute atomic E-state index is 0.246. The van der Waals surface area contributed by atoms with Crippen molar-refractivity contribution in [3.05, 3.63) is 47.5 Å². The van der Waals surface area contributed by atoms with Crippen LogP contribution in [0.15, 0.2) is 30.4 Å². The minimum Gasteiger partial charge on any atom is -0.251 e. The number of hydrogen-bond acceptors (Lipinski definition) is 0. The third-order valence-corrected chi connectivity index (χ3v) is 6.82. The Morgan fingerprint density at radius 3 is 2.04 bits per heavy atom. The van der Waals surface area contributed by atoms with Gasteiger partial charge in [0.2, 0.25) is 0 Å². The van der Waals surface area contributed by atoms with Gasteiger partial charge in [-0.15, -0.1) is 0 Å². The van der Waals surface area contributed by atoms with Gasteiger partial charge in [-0.2, -0.15) is 0 Å². The Bertz CT molecular complexity index is 594. The van der Waals surface area contributed by atoms with E-state index in [1.807, 2.05) is 6.08 Å². The number of halogens is 3. The van der Waals surface area contributed by atoms with Crippen LogP contribution in [-0.4, -0.2) is 6.67 Å². The van der Waals surface area contributed by atoms with E-state index in [2.05, 4.69) is 6.08 Å². The first-order valence-electron chi connectivity index (χ1n) is 10.8. The highest BCUT2D eigenvalue weighted by molar-refractivity contribution is 5.22. The summed E-state index contributed by atoms with van der Waals surface area (Å²) in [5.74, 6) is 1.25. The molecule has 0 atom stereocenters. The van der Waals surface area contributed by atoms with Crippen LogP contribution in [0, 0.1) is 29.4 Å². The van der Waals surface area contributed by atoms with E-state index >= 15 is 0 Å². The Morgan fingerprint density at radius 2 is 1.44 bits per heavy atom. The fourth-order valence-electron chi connectivity index (χ4n) is 5.04. The zero-order valence-corrected chi connectivity index (χ0v) is 16.3. The molecule has 1 aromatic carbocycles. The second kappa shape index (κ2) is 10.3. The van der Waals surface area contributed by atoms with E-state index in [1.165, 1.54) is 63.5 Å². The van der Waals surface area contributed by atoms with Crippen molar-refractivity contribution in [1.29, 1.82) is 0 Å². The number of alkyl halides is 1. The number of hydrogen-bond donors (Lipinski definition) is 0. The van der Waals surface area contributed by atoms with Crippen molar-refractivity contribution < 1.29 is 13.2 Å². The van der Waals surface area contributed by atoms with Gasteiger partial charge in [-0.05, 0) is 99.2 Å². The summed E-state index contributed by atoms with van der Waals surface area (Å²) in [4.78, 5) is 0. The van der Waals surface area contributed by atoms with E-state index in [4.69, 9.17) is 0 Å². The van der Waals surface area contributed by atoms with E-state index in [-0.39, 0.29) is 6.67 Å². The first-order valence-corrected chi connectivity index (χ1v) is 10.8. The van der Waals surface area contributed by atoms with E-state index in [0.717, 1.165) is 30.2 Å². The van der Waals surface area contributed by atoms with Gasteiger partial charge in [-0.3, -0.25) is 4.39 Å². The molecule has 0 nitrogen and oxygen atoms in total. The van der Waals surface area contributed by atoms with Crippen LogP contribution in [0.25, 0.3) is 0 Å². The lowest BCUT2D eigenvalue weighted by molar-refractivity contribution is 0.246. The van der Waals surface area contributed by atoms with Gasteiger partial charge in [0.25, 0.3) is 0 Å². The monoisotopic (exact) mass is 378 g/mol. The summed E-state index contributed by atoms with van der Waals surface area (Å²) in [6.07, 6.45) is 17.2. The molecule has 2 fully saturated rings. The Morgan fingerprint density at radius 1 is 0.815 bits per heavy atom. The highest BCUT2D eigenvalue weighted by Gasteiger charge is 2.25. The summed E-state index contributed by atoms with van der Waals surface area (Å²) in [6.45, 7) is -0.246. The lowest BCUT2D eigenvalue weighted by Crippen LogP contribution is -2.17. The van der Waals surface area contributed by atoms with Crippen LogP contribution in [0.1, 0.15) is 82.1 Å². The molecule has 0 heterocycles. The van der Waals surface area contributed by atoms with Crippen LogP contribution in [-0.2, 0) is 0 Å². The molecule has 1 aromatic rings. The van der Waals surface area contributed by atoms with Crippen molar-refractivity contribution in [1.82, 2.24) is 0 Å². The second-order valence-corrected chi connectivity index (χ2v) is 8.66. The molecule has 3 rings (SSSR count). The normalized spacial score (nSPS) is 29.3. The fraction of sp³-hybridized carbons (Fsp3) is 0.667. The van der Waals surface area contributed by atoms with Gasteiger partial charge < -0.3 is 0 Å². The molecular formula is C24H33F3. The molecule has 2 aliphatic rings. The molecule has 0 aliphatic heterocycles. The van der Waals surface area contributed by atoms with Crippen LogP contribution >= 0.6 is 0 Å². The molecule has 150 valence electrons. The lowest BCUT2D eigenvalue weighted by atomic mass is 9.74. The summed E-state index contributed by atoms with van der Waals surface area (Å²) in [5, 5.41) is 0. The summed E-state index contributed by atoms with van der Waals surface area (Å²) >= 11 is 0. The SMILES string of the molecule is FCC/C=C/C1CCC(CCC2CCC(c3ccc(F)c(F)c3)CC2)CC1. The van der Waals surface area contributed by atoms with Crippen molar-refractivity contribution in [3.8, 4) is 0 Å². The Kier molecular flexibility index (Phi) is 7.84. The summed E-state index contributed by atoms with van der Waals surface area (Å²) < 4.78 is 38.7. The summed E-state index contributed by atoms with van der Waals surface area (Å²) in [6, 6.07) is 4.41. The summed E-state index contributed by atoms with van der Waals surface area (Å²) in [7, 11) is 0. The van der Waals surface area contributed by atoms with Gasteiger partial charge in [0.1, 0.15) is 0 Å². The van der Waals surface area contributed by atoms with Crippen LogP contribution in [0.5, 0.6) is 0 Å². The lowest BCUT2D eigenvalue weighted by Gasteiger charge is -2.31. The number of benzene rings is 1. The molecule has 27 heavy (non-hydrogen) atoms. The van der Waals surface area contributed by atoms with Crippen LogP contribution in [0.3, 0.4) is 0 Å². The van der Waals surface area contributed by atoms with Crippen molar-refractivity contribution in [2.24, 2.45) is 17.8 Å². The van der Waals surface area contributed by atoms with Crippen LogP contribution in [0.4, 0.5) is 13.2 Å². The third-order valence-electron chi connectivity index (χ3n) is 6.82. The molecule has 0 N–H and O–H groups in total. The Balaban J connectivity index is 1.35. The first-order chi connectivity index (χ1) is 13.2. The average molecular weight is 379 g/mol. The maximum absolute atomic E-state index is 13.5. The largest absolute Gasteiger partial charge is 0.251 e. The van der Waals surface area contributed by atoms with Gasteiger partial charge >= 0.3 is 0 Å². The Hall–Kier alpha value is -1.25. The zero-order valence-electron chi connectivity index (χ0n) is 16.3. The standard InChI is InChI=1S/C24H33F3/c25-16-2-1-3-18-4-6-19(7-5-18)8-9-20-10-12-21(13-11-20)22-14-15-23(26)24(27)17-22/h1,3,14-15,17-21H,2,4-13,16H2/b3-1+. The molecule has 0 spiro atoms. The first kappa shape index (κ1) is 20.5. The molecular weight excluding hydrogens is 345 g/mol. The van der Waals surface area contributed by atoms with Crippen molar-refractivity contribution in [3.63, 3.8) is 0 Å². The third kappa shape index (κ3) is 6.12. The minimum atomic E-state index is -0.750. The molecule has 0 amide bonds. The summed E-state index contributed by atoms with van der Waals surface area (Å²) in [5.41, 5.74) is 0.964. The van der Waals surface area contributed by atoms with E-state index in [9.17, 15) is 13.2 Å². The van der Waals surface area contributed by atoms with Crippen molar-refractivity contribution >= 4 is 0 Å². The maximum Gasteiger partial charge on any atom is 0.159 e. The quantitative estimate of drug-likeness (QED) is 0.426.